The van der Waals surface area contributed by atoms with Crippen molar-refractivity contribution >= 4 is 11.6 Å². The minimum Gasteiger partial charge on any atom is -0.467 e. The Morgan fingerprint density at radius 2 is 1.95 bits per heavy atom. The zero-order chi connectivity index (χ0) is 15.2. The van der Waals surface area contributed by atoms with E-state index in [-0.39, 0.29) is 11.8 Å². The summed E-state index contributed by atoms with van der Waals surface area (Å²) in [5, 5.41) is 0. The summed E-state index contributed by atoms with van der Waals surface area (Å²) in [6.07, 6.45) is 3.55. The maximum absolute atomic E-state index is 12.7. The molecule has 2 aromatic rings. The van der Waals surface area contributed by atoms with Crippen LogP contribution in [0.2, 0.25) is 0 Å². The summed E-state index contributed by atoms with van der Waals surface area (Å²) in [5.74, 6) is 0.969. The Balaban J connectivity index is 2.25. The van der Waals surface area contributed by atoms with Crippen molar-refractivity contribution < 1.29 is 9.21 Å². The molecule has 0 bridgehead atoms. The third-order valence-corrected chi connectivity index (χ3v) is 3.65. The van der Waals surface area contributed by atoms with Gasteiger partial charge in [0.2, 0.25) is 5.91 Å². The van der Waals surface area contributed by atoms with Crippen molar-refractivity contribution in [2.45, 2.75) is 40.2 Å². The molecule has 21 heavy (non-hydrogen) atoms. The number of anilines is 1. The lowest BCUT2D eigenvalue weighted by Crippen LogP contribution is -2.34. The van der Waals surface area contributed by atoms with Gasteiger partial charge in [0.25, 0.3) is 0 Å². The van der Waals surface area contributed by atoms with Crippen molar-refractivity contribution in [3.05, 3.63) is 54.0 Å². The molecule has 0 saturated carbocycles. The molecule has 0 spiro atoms. The highest BCUT2D eigenvalue weighted by Gasteiger charge is 2.22. The third-order valence-electron chi connectivity index (χ3n) is 3.65. The Hall–Kier alpha value is -2.03. The number of rotatable bonds is 6. The fourth-order valence-corrected chi connectivity index (χ4v) is 2.40. The first-order chi connectivity index (χ1) is 10.1. The molecule has 1 aromatic carbocycles. The molecule has 112 valence electrons. The van der Waals surface area contributed by atoms with Gasteiger partial charge in [-0.1, -0.05) is 38.0 Å². The molecule has 1 amide bonds. The lowest BCUT2D eigenvalue weighted by molar-refractivity contribution is -0.122. The molecule has 0 aliphatic heterocycles. The SMILES string of the molecule is CCCC(C)C(=O)N(Cc1ccco1)c1ccc(C)cc1. The number of aryl methyl sites for hydroxylation is 1. The van der Waals surface area contributed by atoms with Crippen LogP contribution in [0, 0.1) is 12.8 Å². The predicted molar refractivity (Wildman–Crippen MR) is 85.1 cm³/mol. The van der Waals surface area contributed by atoms with E-state index in [2.05, 4.69) is 6.92 Å². The van der Waals surface area contributed by atoms with Crippen LogP contribution in [0.25, 0.3) is 0 Å². The fourth-order valence-electron chi connectivity index (χ4n) is 2.40. The predicted octanol–water partition coefficient (Wildman–Crippen LogP) is 4.56. The number of hydrogen-bond acceptors (Lipinski definition) is 2. The van der Waals surface area contributed by atoms with Crippen LogP contribution in [-0.4, -0.2) is 5.91 Å². The van der Waals surface area contributed by atoms with Gasteiger partial charge in [-0.15, -0.1) is 0 Å². The number of amides is 1. The summed E-state index contributed by atoms with van der Waals surface area (Å²) >= 11 is 0. The summed E-state index contributed by atoms with van der Waals surface area (Å²) in [7, 11) is 0. The Labute approximate surface area is 126 Å². The van der Waals surface area contributed by atoms with Gasteiger partial charge >= 0.3 is 0 Å². The highest BCUT2D eigenvalue weighted by Crippen LogP contribution is 2.22. The molecular formula is C18H23NO2. The van der Waals surface area contributed by atoms with Crippen molar-refractivity contribution in [2.75, 3.05) is 4.90 Å². The van der Waals surface area contributed by atoms with Gasteiger partial charge in [0.05, 0.1) is 12.8 Å². The maximum Gasteiger partial charge on any atom is 0.230 e. The van der Waals surface area contributed by atoms with E-state index in [9.17, 15) is 4.79 Å². The van der Waals surface area contributed by atoms with Gasteiger partial charge in [-0.05, 0) is 37.6 Å². The van der Waals surface area contributed by atoms with Gasteiger partial charge in [0, 0.05) is 11.6 Å². The van der Waals surface area contributed by atoms with E-state index in [1.165, 1.54) is 5.56 Å². The van der Waals surface area contributed by atoms with E-state index < -0.39 is 0 Å². The Bertz CT molecular complexity index is 557. The molecule has 1 aromatic heterocycles. The van der Waals surface area contributed by atoms with E-state index >= 15 is 0 Å². The van der Waals surface area contributed by atoms with Crippen LogP contribution in [0.4, 0.5) is 5.69 Å². The summed E-state index contributed by atoms with van der Waals surface area (Å²) in [4.78, 5) is 14.5. The average molecular weight is 285 g/mol. The smallest absolute Gasteiger partial charge is 0.230 e. The Morgan fingerprint density at radius 1 is 1.24 bits per heavy atom. The Morgan fingerprint density at radius 3 is 2.52 bits per heavy atom. The highest BCUT2D eigenvalue weighted by molar-refractivity contribution is 5.94. The van der Waals surface area contributed by atoms with Crippen molar-refractivity contribution in [1.82, 2.24) is 0 Å². The molecule has 1 unspecified atom stereocenters. The normalized spacial score (nSPS) is 12.1. The summed E-state index contributed by atoms with van der Waals surface area (Å²) in [6.45, 7) is 6.62. The summed E-state index contributed by atoms with van der Waals surface area (Å²) < 4.78 is 5.41. The largest absolute Gasteiger partial charge is 0.467 e. The number of hydrogen-bond donors (Lipinski definition) is 0. The van der Waals surface area contributed by atoms with Gasteiger partial charge in [-0.25, -0.2) is 0 Å². The molecule has 1 atom stereocenters. The highest BCUT2D eigenvalue weighted by atomic mass is 16.3. The standard InChI is InChI=1S/C18H23NO2/c1-4-6-15(3)18(20)19(13-17-7-5-12-21-17)16-10-8-14(2)9-11-16/h5,7-12,15H,4,6,13H2,1-3H3. The number of carbonyl (C=O) groups is 1. The van der Waals surface area contributed by atoms with E-state index in [1.807, 2.05) is 55.1 Å². The van der Waals surface area contributed by atoms with Crippen LogP contribution in [0.1, 0.15) is 38.0 Å². The van der Waals surface area contributed by atoms with Crippen LogP contribution in [0.15, 0.2) is 47.1 Å². The molecule has 1 heterocycles. The van der Waals surface area contributed by atoms with Crippen LogP contribution in [-0.2, 0) is 11.3 Å². The second-order valence-electron chi connectivity index (χ2n) is 5.53. The fraction of sp³-hybridized carbons (Fsp3) is 0.389. The van der Waals surface area contributed by atoms with Crippen molar-refractivity contribution in [2.24, 2.45) is 5.92 Å². The molecule has 0 radical (unpaired) electrons. The first-order valence-corrected chi connectivity index (χ1v) is 7.52. The molecule has 3 heteroatoms. The van der Waals surface area contributed by atoms with Gasteiger partial charge < -0.3 is 9.32 Å². The zero-order valence-corrected chi connectivity index (χ0v) is 13.0. The number of carbonyl (C=O) groups excluding carboxylic acids is 1. The number of furan rings is 1. The van der Waals surface area contributed by atoms with E-state index in [0.717, 1.165) is 24.3 Å². The van der Waals surface area contributed by atoms with Crippen molar-refractivity contribution in [3.63, 3.8) is 0 Å². The minimum atomic E-state index is 0.0197. The molecule has 0 N–H and O–H groups in total. The molecular weight excluding hydrogens is 262 g/mol. The molecule has 0 aliphatic rings. The average Bonchev–Trinajstić information content (AvgIpc) is 2.98. The Kier molecular flexibility index (Phi) is 5.20. The van der Waals surface area contributed by atoms with Gasteiger partial charge in [-0.3, -0.25) is 4.79 Å². The minimum absolute atomic E-state index is 0.0197. The van der Waals surface area contributed by atoms with Gasteiger partial charge in [-0.2, -0.15) is 0 Å². The van der Waals surface area contributed by atoms with E-state index in [4.69, 9.17) is 4.42 Å². The number of nitrogens with zero attached hydrogens (tertiary/aromatic N) is 1. The van der Waals surface area contributed by atoms with Crippen LogP contribution in [0.5, 0.6) is 0 Å². The monoisotopic (exact) mass is 285 g/mol. The van der Waals surface area contributed by atoms with Crippen LogP contribution >= 0.6 is 0 Å². The molecule has 0 fully saturated rings. The summed E-state index contributed by atoms with van der Waals surface area (Å²) in [6, 6.07) is 11.8. The van der Waals surface area contributed by atoms with E-state index in [0.29, 0.717) is 6.54 Å². The zero-order valence-electron chi connectivity index (χ0n) is 13.0. The molecule has 0 saturated heterocycles. The van der Waals surface area contributed by atoms with Crippen LogP contribution < -0.4 is 4.90 Å². The van der Waals surface area contributed by atoms with Crippen LogP contribution in [0.3, 0.4) is 0 Å². The first kappa shape index (κ1) is 15.4. The molecule has 0 aliphatic carbocycles. The van der Waals surface area contributed by atoms with E-state index in [1.54, 1.807) is 6.26 Å². The quantitative estimate of drug-likeness (QED) is 0.779. The summed E-state index contributed by atoms with van der Waals surface area (Å²) in [5.41, 5.74) is 2.11. The van der Waals surface area contributed by atoms with Gasteiger partial charge in [0.15, 0.2) is 0 Å². The molecule has 3 nitrogen and oxygen atoms in total. The molecule has 2 rings (SSSR count). The number of benzene rings is 1. The lowest BCUT2D eigenvalue weighted by Gasteiger charge is -2.25. The van der Waals surface area contributed by atoms with Crippen molar-refractivity contribution in [3.8, 4) is 0 Å². The lowest BCUT2D eigenvalue weighted by atomic mass is 10.0. The first-order valence-electron chi connectivity index (χ1n) is 7.52. The second-order valence-corrected chi connectivity index (χ2v) is 5.53. The third kappa shape index (κ3) is 3.97. The maximum atomic E-state index is 12.7. The second kappa shape index (κ2) is 7.11. The topological polar surface area (TPSA) is 33.5 Å². The van der Waals surface area contributed by atoms with Gasteiger partial charge in [0.1, 0.15) is 5.76 Å². The van der Waals surface area contributed by atoms with Crippen molar-refractivity contribution in [1.29, 1.82) is 0 Å².